The normalized spacial score (nSPS) is 43.0. The third-order valence-electron chi connectivity index (χ3n) is 5.56. The van der Waals surface area contributed by atoms with Crippen LogP contribution in [-0.2, 0) is 19.1 Å². The molecule has 0 aromatic rings. The van der Waals surface area contributed by atoms with Gasteiger partial charge < -0.3 is 20.3 Å². The van der Waals surface area contributed by atoms with Crippen LogP contribution in [-0.4, -0.2) is 52.4 Å². The lowest BCUT2D eigenvalue weighted by molar-refractivity contribution is -0.145. The van der Waals surface area contributed by atoms with E-state index in [9.17, 15) is 14.7 Å². The number of esters is 2. The molecule has 0 radical (unpaired) electrons. The van der Waals surface area contributed by atoms with Crippen LogP contribution in [0.1, 0.15) is 33.1 Å². The van der Waals surface area contributed by atoms with Crippen LogP contribution >= 0.6 is 11.8 Å². The number of rotatable bonds is 5. The zero-order valence-corrected chi connectivity index (χ0v) is 14.4. The number of hydrogen-bond acceptors (Lipinski definition) is 7. The Morgan fingerprint density at radius 1 is 1.57 bits per heavy atom. The van der Waals surface area contributed by atoms with Crippen molar-refractivity contribution in [2.75, 3.05) is 12.4 Å². The van der Waals surface area contributed by atoms with Gasteiger partial charge in [-0.25, -0.2) is 0 Å². The Hall–Kier alpha value is -0.790. The first-order valence-electron chi connectivity index (χ1n) is 8.36. The fourth-order valence-electron chi connectivity index (χ4n) is 4.50. The molecule has 2 saturated carbocycles. The molecule has 3 N–H and O–H groups in total. The maximum Gasteiger partial charge on any atom is 0.323 e. The highest BCUT2D eigenvalue weighted by atomic mass is 32.2. The van der Waals surface area contributed by atoms with Gasteiger partial charge in [0.2, 0.25) is 0 Å². The van der Waals surface area contributed by atoms with Crippen LogP contribution in [0.3, 0.4) is 0 Å². The molecule has 3 aliphatic rings. The zero-order valence-electron chi connectivity index (χ0n) is 13.6. The van der Waals surface area contributed by atoms with E-state index in [1.807, 2.05) is 0 Å². The summed E-state index contributed by atoms with van der Waals surface area (Å²) < 4.78 is 10.4. The Morgan fingerprint density at radius 3 is 3.00 bits per heavy atom. The van der Waals surface area contributed by atoms with E-state index in [0.717, 1.165) is 19.3 Å². The molecule has 3 fully saturated rings. The van der Waals surface area contributed by atoms with Gasteiger partial charge in [-0.3, -0.25) is 9.59 Å². The van der Waals surface area contributed by atoms with Crippen molar-refractivity contribution in [2.24, 2.45) is 23.5 Å². The summed E-state index contributed by atoms with van der Waals surface area (Å²) in [7, 11) is 0. The van der Waals surface area contributed by atoms with Crippen LogP contribution < -0.4 is 5.73 Å². The average molecular weight is 343 g/mol. The van der Waals surface area contributed by atoms with Crippen LogP contribution in [0.2, 0.25) is 0 Å². The lowest BCUT2D eigenvalue weighted by atomic mass is 9.66. The Balaban J connectivity index is 1.71. The second kappa shape index (κ2) is 6.26. The van der Waals surface area contributed by atoms with Crippen molar-refractivity contribution in [1.82, 2.24) is 0 Å². The number of carbonyl (C=O) groups excluding carboxylic acids is 2. The molecule has 1 heterocycles. The largest absolute Gasteiger partial charge is 0.465 e. The molecule has 0 aromatic carbocycles. The fraction of sp³-hybridized carbons (Fsp3) is 0.875. The maximum absolute atomic E-state index is 12.3. The van der Waals surface area contributed by atoms with Gasteiger partial charge in [0.1, 0.15) is 23.7 Å². The predicted molar refractivity (Wildman–Crippen MR) is 85.7 cm³/mol. The summed E-state index contributed by atoms with van der Waals surface area (Å²) in [5.41, 5.74) is 4.83. The van der Waals surface area contributed by atoms with Gasteiger partial charge in [0.25, 0.3) is 0 Å². The second-order valence-electron chi connectivity index (χ2n) is 6.93. The number of carbonyl (C=O) groups is 2. The molecule has 1 saturated heterocycles. The van der Waals surface area contributed by atoms with Gasteiger partial charge in [0.05, 0.1) is 6.61 Å². The molecule has 0 aromatic heterocycles. The lowest BCUT2D eigenvalue weighted by Gasteiger charge is -2.44. The van der Waals surface area contributed by atoms with Crippen LogP contribution in [0.4, 0.5) is 0 Å². The molecule has 23 heavy (non-hydrogen) atoms. The van der Waals surface area contributed by atoms with Crippen LogP contribution in [0.15, 0.2) is 0 Å². The van der Waals surface area contributed by atoms with E-state index >= 15 is 0 Å². The summed E-state index contributed by atoms with van der Waals surface area (Å²) in [5, 5.41) is 11.1. The summed E-state index contributed by atoms with van der Waals surface area (Å²) in [6.45, 7) is 4.15. The Kier molecular flexibility index (Phi) is 4.64. The highest BCUT2D eigenvalue weighted by molar-refractivity contribution is 8.00. The van der Waals surface area contributed by atoms with Gasteiger partial charge in [-0.2, -0.15) is 11.8 Å². The zero-order chi connectivity index (χ0) is 16.8. The standard InChI is InChI=1S/C16H25NO5S/c1-3-21-14(18)10(17)7-23-13-8(2)6-9-4-5-11-16(9,20)12(13)15(19)22-11/h8-13,20H,3-7,17H2,1-2H3/t8-,9+,10-,11+,12?,13+,16+/m0/s1. The minimum absolute atomic E-state index is 0.0765. The quantitative estimate of drug-likeness (QED) is 0.709. The van der Waals surface area contributed by atoms with Crippen molar-refractivity contribution >= 4 is 23.7 Å². The summed E-state index contributed by atoms with van der Waals surface area (Å²) in [5.74, 6) is -0.446. The van der Waals surface area contributed by atoms with E-state index in [1.165, 1.54) is 11.8 Å². The topological polar surface area (TPSA) is 98.9 Å². The summed E-state index contributed by atoms with van der Waals surface area (Å²) in [6, 6.07) is -0.712. The molecule has 1 aliphatic heterocycles. The fourth-order valence-corrected chi connectivity index (χ4v) is 6.02. The van der Waals surface area contributed by atoms with Crippen LogP contribution in [0.5, 0.6) is 0 Å². The molecule has 0 spiro atoms. The van der Waals surface area contributed by atoms with Crippen molar-refractivity contribution in [1.29, 1.82) is 0 Å². The first kappa shape index (κ1) is 17.0. The maximum atomic E-state index is 12.3. The number of hydrogen-bond donors (Lipinski definition) is 2. The smallest absolute Gasteiger partial charge is 0.323 e. The van der Waals surface area contributed by atoms with Crippen LogP contribution in [0, 0.1) is 17.8 Å². The Bertz CT molecular complexity index is 501. The lowest BCUT2D eigenvalue weighted by Crippen LogP contribution is -2.55. The molecule has 1 unspecified atom stereocenters. The summed E-state index contributed by atoms with van der Waals surface area (Å²) >= 11 is 1.49. The minimum Gasteiger partial charge on any atom is -0.465 e. The van der Waals surface area contributed by atoms with Gasteiger partial charge in [0, 0.05) is 11.0 Å². The van der Waals surface area contributed by atoms with Gasteiger partial charge in [-0.15, -0.1) is 0 Å². The highest BCUT2D eigenvalue weighted by Crippen LogP contribution is 2.58. The first-order valence-corrected chi connectivity index (χ1v) is 9.41. The van der Waals surface area contributed by atoms with E-state index in [4.69, 9.17) is 15.2 Å². The van der Waals surface area contributed by atoms with E-state index in [0.29, 0.717) is 12.4 Å². The van der Waals surface area contributed by atoms with Gasteiger partial charge in [0.15, 0.2) is 0 Å². The van der Waals surface area contributed by atoms with E-state index in [2.05, 4.69) is 6.92 Å². The van der Waals surface area contributed by atoms with Crippen molar-refractivity contribution in [3.05, 3.63) is 0 Å². The van der Waals surface area contributed by atoms with E-state index < -0.39 is 23.5 Å². The molecule has 0 amide bonds. The third kappa shape index (κ3) is 2.66. The molecule has 130 valence electrons. The molecule has 2 aliphatic carbocycles. The van der Waals surface area contributed by atoms with Gasteiger partial charge in [-0.1, -0.05) is 6.92 Å². The van der Waals surface area contributed by atoms with E-state index in [-0.39, 0.29) is 29.2 Å². The molecular formula is C16H25NO5S. The monoisotopic (exact) mass is 343 g/mol. The van der Waals surface area contributed by atoms with Crippen molar-refractivity contribution in [3.8, 4) is 0 Å². The van der Waals surface area contributed by atoms with Crippen LogP contribution in [0.25, 0.3) is 0 Å². The second-order valence-corrected chi connectivity index (χ2v) is 8.15. The highest BCUT2D eigenvalue weighted by Gasteiger charge is 2.68. The van der Waals surface area contributed by atoms with Crippen molar-refractivity contribution < 1.29 is 24.2 Å². The Morgan fingerprint density at radius 2 is 2.30 bits per heavy atom. The molecule has 0 bridgehead atoms. The minimum atomic E-state index is -1.03. The Labute approximate surface area is 140 Å². The third-order valence-corrected chi connectivity index (χ3v) is 7.23. The number of ether oxygens (including phenoxy) is 2. The molecule has 7 atom stereocenters. The summed E-state index contributed by atoms with van der Waals surface area (Å²) in [6.07, 6.45) is 2.18. The number of aliphatic hydroxyl groups is 1. The van der Waals surface area contributed by atoms with E-state index in [1.54, 1.807) is 6.92 Å². The molecular weight excluding hydrogens is 318 g/mol. The van der Waals surface area contributed by atoms with Gasteiger partial charge in [-0.05, 0) is 38.0 Å². The number of thioether (sulfide) groups is 1. The first-order chi connectivity index (χ1) is 10.9. The van der Waals surface area contributed by atoms with Crippen molar-refractivity contribution in [3.63, 3.8) is 0 Å². The average Bonchev–Trinajstić information content (AvgIpc) is 2.94. The van der Waals surface area contributed by atoms with Crippen molar-refractivity contribution in [2.45, 2.75) is 56.1 Å². The predicted octanol–water partition coefficient (Wildman–Crippen LogP) is 0.701. The SMILES string of the molecule is CCOC(=O)[C@@H](N)CS[C@H]1C2C(=O)O[C@@H]3CC[C@H](C[C@@H]1C)[C@]23O. The molecule has 7 heteroatoms. The molecule has 6 nitrogen and oxygen atoms in total. The molecule has 3 rings (SSSR count). The van der Waals surface area contributed by atoms with Gasteiger partial charge >= 0.3 is 11.9 Å². The summed E-state index contributed by atoms with van der Waals surface area (Å²) in [4.78, 5) is 24.0. The number of nitrogens with two attached hydrogens (primary N) is 1.